The van der Waals surface area contributed by atoms with Crippen LogP contribution in [-0.2, 0) is 26.5 Å². The van der Waals surface area contributed by atoms with Gasteiger partial charge in [0.25, 0.3) is 5.56 Å². The van der Waals surface area contributed by atoms with Gasteiger partial charge in [-0.2, -0.15) is 0 Å². The maximum absolute atomic E-state index is 13.7. The van der Waals surface area contributed by atoms with Gasteiger partial charge in [-0.15, -0.1) is 0 Å². The zero-order valence-electron chi connectivity index (χ0n) is 19.4. The van der Waals surface area contributed by atoms with E-state index in [0.29, 0.717) is 5.82 Å². The Morgan fingerprint density at radius 1 is 1.12 bits per heavy atom. The lowest BCUT2D eigenvalue weighted by Crippen LogP contribution is -2.18. The summed E-state index contributed by atoms with van der Waals surface area (Å²) in [5.74, 6) is -0.790. The van der Waals surface area contributed by atoms with Crippen molar-refractivity contribution in [2.45, 2.75) is 33.3 Å². The van der Waals surface area contributed by atoms with Gasteiger partial charge in [0.2, 0.25) is 0 Å². The molecule has 7 nitrogen and oxygen atoms in total. The SMILES string of the molecule is CC.Cn1c2c(c3ccc(-n4ccc(OCc5ncc(F)cc5F)cc4=O)nc31)CCNCC2. The second-order valence-corrected chi connectivity index (χ2v) is 7.72. The summed E-state index contributed by atoms with van der Waals surface area (Å²) in [5, 5.41) is 4.52. The van der Waals surface area contributed by atoms with Gasteiger partial charge in [0.15, 0.2) is 5.82 Å². The molecule has 34 heavy (non-hydrogen) atoms. The summed E-state index contributed by atoms with van der Waals surface area (Å²) >= 11 is 0. The van der Waals surface area contributed by atoms with Crippen molar-refractivity contribution < 1.29 is 13.5 Å². The van der Waals surface area contributed by atoms with Crippen LogP contribution < -0.4 is 15.6 Å². The number of hydrogen-bond donors (Lipinski definition) is 1. The number of aryl methyl sites for hydroxylation is 1. The highest BCUT2D eigenvalue weighted by Gasteiger charge is 2.18. The zero-order chi connectivity index (χ0) is 24.2. The number of nitrogens with one attached hydrogen (secondary N) is 1. The van der Waals surface area contributed by atoms with E-state index in [1.807, 2.05) is 33.0 Å². The number of fused-ring (bicyclic) bond motifs is 3. The number of halogens is 2. The standard InChI is InChI=1S/C23H21F2N5O2.C2H6/c1-29-20-5-8-26-7-4-16(20)17-2-3-21(28-23(17)29)30-9-6-15(11-22(30)31)32-13-19-18(25)10-14(24)12-27-19;1-2/h2-3,6,9-12,26H,4-5,7-8,13H2,1H3;1-2H3. The monoisotopic (exact) mass is 467 g/mol. The van der Waals surface area contributed by atoms with Crippen LogP contribution in [0.1, 0.15) is 30.8 Å². The number of nitrogens with zero attached hydrogens (tertiary/aromatic N) is 4. The molecular formula is C25H27F2N5O2. The van der Waals surface area contributed by atoms with Crippen molar-refractivity contribution in [1.82, 2.24) is 24.4 Å². The van der Waals surface area contributed by atoms with Crippen LogP contribution in [-0.4, -0.2) is 32.2 Å². The molecule has 0 saturated heterocycles. The number of aromatic nitrogens is 4. The van der Waals surface area contributed by atoms with Crippen LogP contribution >= 0.6 is 0 Å². The Kier molecular flexibility index (Phi) is 7.02. The van der Waals surface area contributed by atoms with Crippen LogP contribution in [0.3, 0.4) is 0 Å². The summed E-state index contributed by atoms with van der Waals surface area (Å²) in [6.45, 7) is 5.65. The topological polar surface area (TPSA) is 74.0 Å². The fourth-order valence-corrected chi connectivity index (χ4v) is 4.13. The van der Waals surface area contributed by atoms with E-state index in [1.54, 1.807) is 12.3 Å². The van der Waals surface area contributed by atoms with E-state index in [0.717, 1.165) is 49.2 Å². The third-order valence-corrected chi connectivity index (χ3v) is 5.74. The number of hydrogen-bond acceptors (Lipinski definition) is 5. The Bertz CT molecular complexity index is 1380. The highest BCUT2D eigenvalue weighted by Crippen LogP contribution is 2.27. The zero-order valence-corrected chi connectivity index (χ0v) is 19.4. The maximum Gasteiger partial charge on any atom is 0.259 e. The largest absolute Gasteiger partial charge is 0.487 e. The molecule has 0 bridgehead atoms. The molecule has 0 amide bonds. The minimum Gasteiger partial charge on any atom is -0.487 e. The quantitative estimate of drug-likeness (QED) is 0.496. The van der Waals surface area contributed by atoms with Crippen molar-refractivity contribution in [2.75, 3.05) is 13.1 Å². The van der Waals surface area contributed by atoms with Crippen molar-refractivity contribution in [3.63, 3.8) is 0 Å². The van der Waals surface area contributed by atoms with E-state index in [2.05, 4.69) is 14.9 Å². The van der Waals surface area contributed by atoms with Crippen LogP contribution in [0, 0.1) is 11.6 Å². The second-order valence-electron chi connectivity index (χ2n) is 7.72. The van der Waals surface area contributed by atoms with E-state index in [9.17, 15) is 13.6 Å². The summed E-state index contributed by atoms with van der Waals surface area (Å²) in [6.07, 6.45) is 4.37. The van der Waals surface area contributed by atoms with Crippen molar-refractivity contribution in [2.24, 2.45) is 7.05 Å². The average Bonchev–Trinajstić information content (AvgIpc) is 2.98. The molecular weight excluding hydrogens is 440 g/mol. The first-order chi connectivity index (χ1) is 16.5. The molecule has 1 aliphatic rings. The molecule has 1 aliphatic heterocycles. The van der Waals surface area contributed by atoms with Gasteiger partial charge < -0.3 is 14.6 Å². The molecule has 4 aromatic heterocycles. The summed E-state index contributed by atoms with van der Waals surface area (Å²) in [4.78, 5) is 21.1. The van der Waals surface area contributed by atoms with Crippen molar-refractivity contribution in [3.8, 4) is 11.6 Å². The first-order valence-corrected chi connectivity index (χ1v) is 11.3. The highest BCUT2D eigenvalue weighted by molar-refractivity contribution is 5.83. The Labute approximate surface area is 196 Å². The van der Waals surface area contributed by atoms with E-state index < -0.39 is 11.6 Å². The molecule has 4 aromatic rings. The van der Waals surface area contributed by atoms with E-state index in [1.165, 1.54) is 21.9 Å². The van der Waals surface area contributed by atoms with Gasteiger partial charge in [-0.05, 0) is 36.7 Å². The van der Waals surface area contributed by atoms with Crippen LogP contribution in [0.4, 0.5) is 8.78 Å². The van der Waals surface area contributed by atoms with Crippen molar-refractivity contribution in [1.29, 1.82) is 0 Å². The first-order valence-electron chi connectivity index (χ1n) is 11.3. The molecule has 0 radical (unpaired) electrons. The molecule has 5 heterocycles. The van der Waals surface area contributed by atoms with Crippen molar-refractivity contribution in [3.05, 3.63) is 81.7 Å². The fourth-order valence-electron chi connectivity index (χ4n) is 4.13. The molecule has 5 rings (SSSR count). The predicted molar refractivity (Wildman–Crippen MR) is 126 cm³/mol. The Morgan fingerprint density at radius 3 is 2.68 bits per heavy atom. The smallest absolute Gasteiger partial charge is 0.259 e. The third kappa shape index (κ3) is 4.56. The summed E-state index contributed by atoms with van der Waals surface area (Å²) < 4.78 is 35.7. The normalized spacial score (nSPS) is 13.1. The van der Waals surface area contributed by atoms with Crippen molar-refractivity contribution >= 4 is 11.0 Å². The molecule has 0 saturated carbocycles. The summed E-state index contributed by atoms with van der Waals surface area (Å²) in [7, 11) is 2.01. The minimum atomic E-state index is -0.799. The molecule has 0 aliphatic carbocycles. The lowest BCUT2D eigenvalue weighted by molar-refractivity contribution is 0.292. The third-order valence-electron chi connectivity index (χ3n) is 5.74. The van der Waals surface area contributed by atoms with E-state index in [-0.39, 0.29) is 23.6 Å². The maximum atomic E-state index is 13.7. The van der Waals surface area contributed by atoms with E-state index in [4.69, 9.17) is 9.72 Å². The molecule has 0 aromatic carbocycles. The Hall–Kier alpha value is -3.59. The van der Waals surface area contributed by atoms with Crippen LogP contribution in [0.15, 0.2) is 47.5 Å². The molecule has 0 fully saturated rings. The van der Waals surface area contributed by atoms with Gasteiger partial charge in [-0.3, -0.25) is 14.3 Å². The molecule has 0 unspecified atom stereocenters. The van der Waals surface area contributed by atoms with Gasteiger partial charge >= 0.3 is 0 Å². The van der Waals surface area contributed by atoms with Gasteiger partial charge in [-0.1, -0.05) is 13.8 Å². The number of ether oxygens (including phenoxy) is 1. The minimum absolute atomic E-state index is 0.0404. The predicted octanol–water partition coefficient (Wildman–Crippen LogP) is 3.69. The van der Waals surface area contributed by atoms with Crippen LogP contribution in [0.2, 0.25) is 0 Å². The fraction of sp³-hybridized carbons (Fsp3) is 0.320. The molecule has 9 heteroatoms. The lowest BCUT2D eigenvalue weighted by Gasteiger charge is -2.09. The van der Waals surface area contributed by atoms with Gasteiger partial charge in [0.1, 0.15) is 35.3 Å². The molecule has 178 valence electrons. The average molecular weight is 468 g/mol. The molecule has 0 atom stereocenters. The second kappa shape index (κ2) is 10.1. The van der Waals surface area contributed by atoms with Gasteiger partial charge in [0, 0.05) is 49.4 Å². The molecule has 0 spiro atoms. The Balaban J connectivity index is 0.00000133. The molecule has 1 N–H and O–H groups in total. The van der Waals surface area contributed by atoms with Gasteiger partial charge in [-0.25, -0.2) is 13.8 Å². The number of rotatable bonds is 4. The van der Waals surface area contributed by atoms with Crippen LogP contribution in [0.5, 0.6) is 5.75 Å². The summed E-state index contributed by atoms with van der Waals surface area (Å²) in [6, 6.07) is 7.49. The highest BCUT2D eigenvalue weighted by atomic mass is 19.1. The summed E-state index contributed by atoms with van der Waals surface area (Å²) in [5.41, 5.74) is 3.05. The first kappa shape index (κ1) is 23.6. The van der Waals surface area contributed by atoms with E-state index >= 15 is 0 Å². The van der Waals surface area contributed by atoms with Gasteiger partial charge in [0.05, 0.1) is 6.20 Å². The lowest BCUT2D eigenvalue weighted by atomic mass is 10.1. The number of pyridine rings is 3. The Morgan fingerprint density at radius 2 is 1.91 bits per heavy atom. The van der Waals surface area contributed by atoms with Crippen LogP contribution in [0.25, 0.3) is 16.9 Å².